The predicted octanol–water partition coefficient (Wildman–Crippen LogP) is 4.56. The van der Waals surface area contributed by atoms with Gasteiger partial charge >= 0.3 is 5.97 Å². The molecule has 0 bridgehead atoms. The first-order chi connectivity index (χ1) is 12.2. The first kappa shape index (κ1) is 17.1. The van der Waals surface area contributed by atoms with Crippen molar-refractivity contribution in [1.29, 1.82) is 0 Å². The van der Waals surface area contributed by atoms with Gasteiger partial charge in [-0.15, -0.1) is 0 Å². The quantitative estimate of drug-likeness (QED) is 0.593. The predicted molar refractivity (Wildman–Crippen MR) is 98.6 cm³/mol. The van der Waals surface area contributed by atoms with E-state index in [1.165, 1.54) is 0 Å². The number of hydrogen-bond donors (Lipinski definition) is 0. The van der Waals surface area contributed by atoms with Crippen molar-refractivity contribution < 1.29 is 14.3 Å². The fraction of sp³-hybridized carbons (Fsp3) is 0.286. The average Bonchev–Trinajstić information content (AvgIpc) is 3.04. The highest BCUT2D eigenvalue weighted by Gasteiger charge is 2.12. The zero-order valence-electron chi connectivity index (χ0n) is 14.6. The van der Waals surface area contributed by atoms with Crippen LogP contribution in [0.25, 0.3) is 10.9 Å². The lowest BCUT2D eigenvalue weighted by Gasteiger charge is -2.12. The Labute approximate surface area is 148 Å². The van der Waals surface area contributed by atoms with E-state index in [4.69, 9.17) is 9.47 Å². The van der Waals surface area contributed by atoms with Crippen molar-refractivity contribution in [3.63, 3.8) is 0 Å². The monoisotopic (exact) mass is 337 g/mol. The summed E-state index contributed by atoms with van der Waals surface area (Å²) in [6, 6.07) is 17.9. The Balaban J connectivity index is 1.74. The van der Waals surface area contributed by atoms with Gasteiger partial charge in [0, 0.05) is 11.6 Å². The fourth-order valence-corrected chi connectivity index (χ4v) is 2.68. The van der Waals surface area contributed by atoms with Crippen LogP contribution in [0.1, 0.15) is 25.8 Å². The molecule has 0 aliphatic carbocycles. The van der Waals surface area contributed by atoms with E-state index >= 15 is 0 Å². The Morgan fingerprint density at radius 3 is 2.64 bits per heavy atom. The number of aromatic nitrogens is 1. The lowest BCUT2D eigenvalue weighted by molar-refractivity contribution is -0.148. The second-order valence-electron chi connectivity index (χ2n) is 6.12. The van der Waals surface area contributed by atoms with Crippen LogP contribution in [0, 0.1) is 0 Å². The van der Waals surface area contributed by atoms with E-state index in [9.17, 15) is 4.79 Å². The van der Waals surface area contributed by atoms with Crippen LogP contribution in [0.5, 0.6) is 5.75 Å². The molecule has 130 valence electrons. The normalized spacial score (nSPS) is 12.1. The van der Waals surface area contributed by atoms with E-state index in [0.717, 1.165) is 28.6 Å². The van der Waals surface area contributed by atoms with E-state index in [1.54, 1.807) is 0 Å². The minimum Gasteiger partial charge on any atom is -0.488 e. The minimum atomic E-state index is -0.220. The summed E-state index contributed by atoms with van der Waals surface area (Å²) in [7, 11) is 0. The maximum absolute atomic E-state index is 12.0. The number of hydrogen-bond acceptors (Lipinski definition) is 3. The minimum absolute atomic E-state index is 0.0564. The maximum Gasteiger partial charge on any atom is 0.326 e. The molecule has 0 saturated carbocycles. The van der Waals surface area contributed by atoms with E-state index in [1.807, 2.05) is 79.2 Å². The van der Waals surface area contributed by atoms with Gasteiger partial charge in [-0.05, 0) is 37.1 Å². The molecule has 0 radical (unpaired) electrons. The molecule has 0 fully saturated rings. The third kappa shape index (κ3) is 4.21. The highest BCUT2D eigenvalue weighted by atomic mass is 16.5. The molecular formula is C21H23NO3. The summed E-state index contributed by atoms with van der Waals surface area (Å²) in [5, 5.41) is 0.995. The van der Waals surface area contributed by atoms with Gasteiger partial charge in [-0.3, -0.25) is 4.79 Å². The highest BCUT2D eigenvalue weighted by molar-refractivity contribution is 5.87. The largest absolute Gasteiger partial charge is 0.488 e. The molecule has 4 nitrogen and oxygen atoms in total. The molecule has 1 heterocycles. The molecular weight excluding hydrogens is 314 g/mol. The van der Waals surface area contributed by atoms with Crippen LogP contribution >= 0.6 is 0 Å². The van der Waals surface area contributed by atoms with Crippen LogP contribution in [0.3, 0.4) is 0 Å². The topological polar surface area (TPSA) is 40.5 Å². The van der Waals surface area contributed by atoms with E-state index in [2.05, 4.69) is 0 Å². The number of carbonyl (C=O) groups is 1. The molecule has 0 aliphatic rings. The molecule has 25 heavy (non-hydrogen) atoms. The molecule has 1 unspecified atom stereocenters. The zero-order chi connectivity index (χ0) is 17.6. The first-order valence-corrected chi connectivity index (χ1v) is 8.61. The van der Waals surface area contributed by atoms with Gasteiger partial charge in [0.25, 0.3) is 0 Å². The van der Waals surface area contributed by atoms with Gasteiger partial charge in [0.15, 0.2) is 0 Å². The van der Waals surface area contributed by atoms with Crippen molar-refractivity contribution in [3.05, 3.63) is 66.4 Å². The van der Waals surface area contributed by atoms with Crippen molar-refractivity contribution in [3.8, 4) is 5.75 Å². The van der Waals surface area contributed by atoms with E-state index in [-0.39, 0.29) is 18.6 Å². The lowest BCUT2D eigenvalue weighted by atomic mass is 10.2. The Bertz CT molecular complexity index is 839. The number of ether oxygens (including phenoxy) is 2. The molecule has 0 aliphatic heterocycles. The van der Waals surface area contributed by atoms with Crippen LogP contribution < -0.4 is 4.74 Å². The van der Waals surface area contributed by atoms with Crippen molar-refractivity contribution in [2.75, 3.05) is 0 Å². The van der Waals surface area contributed by atoms with Gasteiger partial charge in [0.05, 0.1) is 11.6 Å². The molecule has 0 saturated heterocycles. The van der Waals surface area contributed by atoms with Crippen molar-refractivity contribution in [2.24, 2.45) is 0 Å². The van der Waals surface area contributed by atoms with Crippen molar-refractivity contribution in [2.45, 2.75) is 39.5 Å². The van der Waals surface area contributed by atoms with Gasteiger partial charge in [0.1, 0.15) is 18.9 Å². The smallest absolute Gasteiger partial charge is 0.326 e. The maximum atomic E-state index is 12.0. The highest BCUT2D eigenvalue weighted by Crippen LogP contribution is 2.27. The second kappa shape index (κ2) is 7.88. The Hall–Kier alpha value is -2.75. The standard InChI is InChI=1S/C21H23NO3/c1-3-16(2)25-21(23)14-22-13-12-18-19(22)10-7-11-20(18)24-15-17-8-5-4-6-9-17/h4-13,16H,3,14-15H2,1-2H3. The molecule has 2 aromatic carbocycles. The molecule has 3 aromatic rings. The molecule has 1 aromatic heterocycles. The lowest BCUT2D eigenvalue weighted by Crippen LogP contribution is -2.18. The molecule has 3 rings (SSSR count). The molecule has 0 amide bonds. The second-order valence-corrected chi connectivity index (χ2v) is 6.12. The summed E-state index contributed by atoms with van der Waals surface area (Å²) in [4.78, 5) is 12.0. The Kier molecular flexibility index (Phi) is 5.39. The number of carbonyl (C=O) groups excluding carboxylic acids is 1. The van der Waals surface area contributed by atoms with Crippen molar-refractivity contribution in [1.82, 2.24) is 4.57 Å². The number of esters is 1. The number of benzene rings is 2. The SMILES string of the molecule is CCC(C)OC(=O)Cn1ccc2c(OCc3ccccc3)cccc21. The van der Waals surface area contributed by atoms with Crippen molar-refractivity contribution >= 4 is 16.9 Å². The summed E-state index contributed by atoms with van der Waals surface area (Å²) >= 11 is 0. The van der Waals surface area contributed by atoms with Crippen LogP contribution in [0.2, 0.25) is 0 Å². The molecule has 0 spiro atoms. The molecule has 0 N–H and O–H groups in total. The average molecular weight is 337 g/mol. The van der Waals surface area contributed by atoms with Crippen LogP contribution in [0.15, 0.2) is 60.8 Å². The Morgan fingerprint density at radius 2 is 1.88 bits per heavy atom. The summed E-state index contributed by atoms with van der Waals surface area (Å²) in [6.07, 6.45) is 2.66. The van der Waals surface area contributed by atoms with E-state index in [0.29, 0.717) is 6.61 Å². The molecule has 1 atom stereocenters. The van der Waals surface area contributed by atoms with E-state index < -0.39 is 0 Å². The summed E-state index contributed by atoms with van der Waals surface area (Å²) in [5.74, 6) is 0.595. The van der Waals surface area contributed by atoms with Gasteiger partial charge in [-0.1, -0.05) is 43.3 Å². The zero-order valence-corrected chi connectivity index (χ0v) is 14.6. The number of fused-ring (bicyclic) bond motifs is 1. The van der Waals surface area contributed by atoms with Crippen LogP contribution in [-0.2, 0) is 22.7 Å². The Morgan fingerprint density at radius 1 is 1.08 bits per heavy atom. The van der Waals surface area contributed by atoms with Gasteiger partial charge in [-0.2, -0.15) is 0 Å². The fourth-order valence-electron chi connectivity index (χ4n) is 2.68. The van der Waals surface area contributed by atoms with Crippen LogP contribution in [0.4, 0.5) is 0 Å². The summed E-state index contributed by atoms with van der Waals surface area (Å²) in [6.45, 7) is 4.62. The summed E-state index contributed by atoms with van der Waals surface area (Å²) < 4.78 is 13.2. The third-order valence-electron chi connectivity index (χ3n) is 4.22. The van der Waals surface area contributed by atoms with Gasteiger partial charge in [0.2, 0.25) is 0 Å². The third-order valence-corrected chi connectivity index (χ3v) is 4.22. The number of nitrogens with zero attached hydrogens (tertiary/aromatic N) is 1. The van der Waals surface area contributed by atoms with Crippen LogP contribution in [-0.4, -0.2) is 16.6 Å². The number of rotatable bonds is 7. The summed E-state index contributed by atoms with van der Waals surface area (Å²) in [5.41, 5.74) is 2.09. The first-order valence-electron chi connectivity index (χ1n) is 8.61. The van der Waals surface area contributed by atoms with Gasteiger partial charge in [-0.25, -0.2) is 0 Å². The molecule has 4 heteroatoms. The van der Waals surface area contributed by atoms with Gasteiger partial charge < -0.3 is 14.0 Å².